The highest BCUT2D eigenvalue weighted by Crippen LogP contribution is 2.23. The summed E-state index contributed by atoms with van der Waals surface area (Å²) in [5, 5.41) is 11.5. The molecule has 0 amide bonds. The average Bonchev–Trinajstić information content (AvgIpc) is 2.98. The number of benzene rings is 1. The van der Waals surface area contributed by atoms with Gasteiger partial charge in [-0.2, -0.15) is 0 Å². The minimum Gasteiger partial charge on any atom is -0.405 e. The summed E-state index contributed by atoms with van der Waals surface area (Å²) in [4.78, 5) is 9.16. The van der Waals surface area contributed by atoms with E-state index in [1.54, 1.807) is 12.3 Å². The van der Waals surface area contributed by atoms with Crippen molar-refractivity contribution in [2.75, 3.05) is 11.9 Å². The molecule has 3 aromatic rings. The number of allylic oxidation sites excluding steroid dienone is 1. The van der Waals surface area contributed by atoms with E-state index in [9.17, 15) is 0 Å². The van der Waals surface area contributed by atoms with Gasteiger partial charge in [-0.05, 0) is 30.3 Å². The number of imidazole rings is 1. The van der Waals surface area contributed by atoms with Crippen LogP contribution in [-0.4, -0.2) is 26.6 Å². The summed E-state index contributed by atoms with van der Waals surface area (Å²) in [6, 6.07) is 7.85. The van der Waals surface area contributed by atoms with Gasteiger partial charge in [-0.15, -0.1) is 0 Å². The van der Waals surface area contributed by atoms with Crippen molar-refractivity contribution < 1.29 is 0 Å². The Morgan fingerprint density at radius 1 is 1.39 bits per heavy atom. The topological polar surface area (TPSA) is 92.1 Å². The van der Waals surface area contributed by atoms with Crippen LogP contribution in [0.3, 0.4) is 0 Å². The third-order valence-electron chi connectivity index (χ3n) is 3.55. The van der Waals surface area contributed by atoms with Crippen molar-refractivity contribution in [1.82, 2.24) is 14.4 Å². The van der Waals surface area contributed by atoms with E-state index >= 15 is 0 Å². The minimum absolute atomic E-state index is 0.311. The summed E-state index contributed by atoms with van der Waals surface area (Å²) in [5.74, 6) is 1.23. The van der Waals surface area contributed by atoms with E-state index in [0.717, 1.165) is 29.0 Å². The van der Waals surface area contributed by atoms with Crippen LogP contribution in [0, 0.1) is 11.3 Å². The maximum absolute atomic E-state index is 8.18. The molecule has 6 heteroatoms. The van der Waals surface area contributed by atoms with Crippen LogP contribution < -0.4 is 11.1 Å². The largest absolute Gasteiger partial charge is 0.405 e. The van der Waals surface area contributed by atoms with Crippen LogP contribution in [0.5, 0.6) is 0 Å². The number of fused-ring (bicyclic) bond motifs is 3. The lowest BCUT2D eigenvalue weighted by Gasteiger charge is -2.12. The number of aromatic nitrogens is 3. The molecular formula is C17H20N6. The maximum Gasteiger partial charge on any atom is 0.181 e. The molecular weight excluding hydrogens is 288 g/mol. The Hall–Kier alpha value is -2.89. The maximum atomic E-state index is 8.18. The molecule has 23 heavy (non-hydrogen) atoms. The summed E-state index contributed by atoms with van der Waals surface area (Å²) in [6.45, 7) is 5.09. The van der Waals surface area contributed by atoms with E-state index in [1.807, 2.05) is 28.7 Å². The van der Waals surface area contributed by atoms with Crippen LogP contribution in [0.2, 0.25) is 0 Å². The Kier molecular flexibility index (Phi) is 3.97. The first-order valence-corrected chi connectivity index (χ1v) is 7.59. The van der Waals surface area contributed by atoms with Crippen molar-refractivity contribution in [2.24, 2.45) is 11.7 Å². The lowest BCUT2D eigenvalue weighted by atomic mass is 10.2. The van der Waals surface area contributed by atoms with Gasteiger partial charge in [0.25, 0.3) is 0 Å². The smallest absolute Gasteiger partial charge is 0.181 e. The van der Waals surface area contributed by atoms with Gasteiger partial charge in [0.15, 0.2) is 11.5 Å². The predicted octanol–water partition coefficient (Wildman–Crippen LogP) is 2.79. The van der Waals surface area contributed by atoms with Crippen LogP contribution in [0.15, 0.2) is 42.7 Å². The molecule has 0 radical (unpaired) electrons. The van der Waals surface area contributed by atoms with Crippen molar-refractivity contribution >= 4 is 28.2 Å². The Bertz CT molecular complexity index is 891. The van der Waals surface area contributed by atoms with E-state index in [-0.39, 0.29) is 0 Å². The van der Waals surface area contributed by atoms with E-state index in [2.05, 4.69) is 29.1 Å². The molecule has 0 aliphatic rings. The van der Waals surface area contributed by atoms with Crippen molar-refractivity contribution in [3.63, 3.8) is 0 Å². The molecule has 0 unspecified atom stereocenters. The van der Waals surface area contributed by atoms with E-state index in [0.29, 0.717) is 17.3 Å². The fourth-order valence-electron chi connectivity index (χ4n) is 2.47. The third kappa shape index (κ3) is 2.75. The van der Waals surface area contributed by atoms with E-state index in [1.165, 1.54) is 6.20 Å². The highest BCUT2D eigenvalue weighted by molar-refractivity contribution is 6.06. The van der Waals surface area contributed by atoms with Gasteiger partial charge in [-0.25, -0.2) is 9.97 Å². The number of hydrogen-bond acceptors (Lipinski definition) is 5. The minimum atomic E-state index is 0.311. The van der Waals surface area contributed by atoms with Crippen LogP contribution in [0.25, 0.3) is 16.7 Å². The summed E-state index contributed by atoms with van der Waals surface area (Å²) in [5.41, 5.74) is 8.92. The number of anilines is 1. The fourth-order valence-corrected chi connectivity index (χ4v) is 2.47. The van der Waals surface area contributed by atoms with Crippen molar-refractivity contribution in [3.05, 3.63) is 48.4 Å². The second-order valence-electron chi connectivity index (χ2n) is 5.80. The number of rotatable bonds is 5. The predicted molar refractivity (Wildman–Crippen MR) is 94.0 cm³/mol. The van der Waals surface area contributed by atoms with Gasteiger partial charge in [-0.1, -0.05) is 26.0 Å². The molecule has 118 valence electrons. The second-order valence-corrected chi connectivity index (χ2v) is 5.80. The van der Waals surface area contributed by atoms with Crippen molar-refractivity contribution in [1.29, 1.82) is 5.41 Å². The van der Waals surface area contributed by atoms with Gasteiger partial charge in [0.05, 0.1) is 28.6 Å². The molecule has 1 aromatic carbocycles. The first-order chi connectivity index (χ1) is 11.1. The molecule has 2 aromatic heterocycles. The fraction of sp³-hybridized carbons (Fsp3) is 0.235. The van der Waals surface area contributed by atoms with Crippen LogP contribution in [0.4, 0.5) is 5.82 Å². The van der Waals surface area contributed by atoms with Gasteiger partial charge in [0, 0.05) is 6.54 Å². The summed E-state index contributed by atoms with van der Waals surface area (Å²) in [7, 11) is 0. The Morgan fingerprint density at radius 2 is 2.17 bits per heavy atom. The van der Waals surface area contributed by atoms with Gasteiger partial charge < -0.3 is 11.1 Å². The molecule has 0 spiro atoms. The summed E-state index contributed by atoms with van der Waals surface area (Å²) < 4.78 is 1.95. The number of nitrogens with one attached hydrogen (secondary N) is 2. The Morgan fingerprint density at radius 3 is 2.91 bits per heavy atom. The zero-order valence-corrected chi connectivity index (χ0v) is 13.2. The third-order valence-corrected chi connectivity index (χ3v) is 3.55. The first-order valence-electron chi connectivity index (χ1n) is 7.59. The van der Waals surface area contributed by atoms with Gasteiger partial charge >= 0.3 is 0 Å². The van der Waals surface area contributed by atoms with Crippen LogP contribution in [-0.2, 0) is 0 Å². The highest BCUT2D eigenvalue weighted by atomic mass is 15.1. The molecule has 0 saturated carbocycles. The normalized spacial score (nSPS) is 11.8. The summed E-state index contributed by atoms with van der Waals surface area (Å²) in [6.07, 6.45) is 4.61. The van der Waals surface area contributed by atoms with E-state index < -0.39 is 0 Å². The zero-order valence-electron chi connectivity index (χ0n) is 13.2. The van der Waals surface area contributed by atoms with E-state index in [4.69, 9.17) is 11.1 Å². The molecule has 0 aliphatic heterocycles. The molecule has 0 atom stereocenters. The van der Waals surface area contributed by atoms with Crippen LogP contribution >= 0.6 is 0 Å². The van der Waals surface area contributed by atoms with Crippen molar-refractivity contribution in [3.8, 4) is 0 Å². The number of nitrogens with zero attached hydrogens (tertiary/aromatic N) is 3. The number of hydrogen-bond donors (Lipinski definition) is 3. The standard InChI is InChI=1S/C17H20N6/c1-11(2)9-20-16-17-21-10-15(12(19)7-8-18)23(17)14-6-4-3-5-13(14)22-16/h3-8,10-11,19H,9,18H2,1-2H3,(H,20,22)/b8-7-,19-12?. The summed E-state index contributed by atoms with van der Waals surface area (Å²) >= 11 is 0. The lowest BCUT2D eigenvalue weighted by Crippen LogP contribution is -2.11. The molecule has 2 heterocycles. The molecule has 4 N–H and O–H groups in total. The Balaban J connectivity index is 2.27. The monoisotopic (exact) mass is 308 g/mol. The van der Waals surface area contributed by atoms with Crippen LogP contribution in [0.1, 0.15) is 19.5 Å². The highest BCUT2D eigenvalue weighted by Gasteiger charge is 2.15. The second kappa shape index (κ2) is 6.08. The first kappa shape index (κ1) is 15.0. The molecule has 3 rings (SSSR count). The van der Waals surface area contributed by atoms with Gasteiger partial charge in [-0.3, -0.25) is 9.81 Å². The Labute approximate surface area is 134 Å². The average molecular weight is 308 g/mol. The molecule has 0 saturated heterocycles. The molecule has 0 fully saturated rings. The molecule has 0 bridgehead atoms. The lowest BCUT2D eigenvalue weighted by molar-refractivity contribution is 0.687. The SMILES string of the molecule is CC(C)CNc1nc2ccccc2n2c(C(=N)/C=C\N)cnc12. The zero-order chi connectivity index (χ0) is 16.4. The number of nitrogens with two attached hydrogens (primary N) is 1. The van der Waals surface area contributed by atoms with Crippen molar-refractivity contribution in [2.45, 2.75) is 13.8 Å². The quantitative estimate of drug-likeness (QED) is 0.632. The molecule has 6 nitrogen and oxygen atoms in total. The number of para-hydroxylation sites is 2. The molecule has 0 aliphatic carbocycles. The van der Waals surface area contributed by atoms with Gasteiger partial charge in [0.2, 0.25) is 0 Å². The van der Waals surface area contributed by atoms with Gasteiger partial charge in [0.1, 0.15) is 0 Å².